The van der Waals surface area contributed by atoms with Gasteiger partial charge in [0.25, 0.3) is 0 Å². The average Bonchev–Trinajstić information content (AvgIpc) is 2.58. The summed E-state index contributed by atoms with van der Waals surface area (Å²) in [4.78, 5) is 12.2. The molecule has 2 atom stereocenters. The predicted octanol–water partition coefficient (Wildman–Crippen LogP) is 1.77. The molecule has 0 radical (unpaired) electrons. The largest absolute Gasteiger partial charge is 0.460 e. The van der Waals surface area contributed by atoms with Crippen LogP contribution >= 0.6 is 0 Å². The van der Waals surface area contributed by atoms with E-state index in [0.717, 1.165) is 11.1 Å². The van der Waals surface area contributed by atoms with Crippen LogP contribution in [0, 0.1) is 6.92 Å². The molecule has 0 amide bonds. The topological polar surface area (TPSA) is 92.7 Å². The summed E-state index contributed by atoms with van der Waals surface area (Å²) in [5.74, 6) is -0.838. The van der Waals surface area contributed by atoms with E-state index in [9.17, 15) is 18.3 Å². The standard InChI is InChI=1S/C18H21NO5S/c1-13-8-10-16(11-9-13)25(22,23)19-17(14(2)20)18(21)24-12-15-6-4-3-5-7-15/h3-11,14,17,19-20H,12H2,1-2H3/t14-,17+/m1/s1. The van der Waals surface area contributed by atoms with Gasteiger partial charge in [-0.15, -0.1) is 0 Å². The van der Waals surface area contributed by atoms with Crippen molar-refractivity contribution in [2.24, 2.45) is 0 Å². The zero-order chi connectivity index (χ0) is 18.4. The third kappa shape index (κ3) is 5.38. The number of carbonyl (C=O) groups excluding carboxylic acids is 1. The molecule has 0 aliphatic carbocycles. The molecule has 0 aliphatic rings. The van der Waals surface area contributed by atoms with Gasteiger partial charge >= 0.3 is 5.97 Å². The van der Waals surface area contributed by atoms with E-state index in [1.807, 2.05) is 13.0 Å². The first-order chi connectivity index (χ1) is 11.8. The van der Waals surface area contributed by atoms with Gasteiger partial charge in [-0.05, 0) is 31.5 Å². The Kier molecular flexibility index (Phi) is 6.30. The van der Waals surface area contributed by atoms with Gasteiger partial charge in [-0.1, -0.05) is 48.0 Å². The number of sulfonamides is 1. The number of aliphatic hydroxyl groups is 1. The number of aliphatic hydroxyl groups excluding tert-OH is 1. The number of nitrogens with one attached hydrogen (secondary N) is 1. The van der Waals surface area contributed by atoms with Crippen LogP contribution in [0.4, 0.5) is 0 Å². The second-order valence-electron chi connectivity index (χ2n) is 5.75. The van der Waals surface area contributed by atoms with Crippen LogP contribution in [0.15, 0.2) is 59.5 Å². The highest BCUT2D eigenvalue weighted by Crippen LogP contribution is 2.12. The first kappa shape index (κ1) is 19.1. The molecule has 0 unspecified atom stereocenters. The minimum Gasteiger partial charge on any atom is -0.460 e. The summed E-state index contributed by atoms with van der Waals surface area (Å²) in [6.45, 7) is 3.16. The Hall–Kier alpha value is -2.22. The number of rotatable bonds is 7. The van der Waals surface area contributed by atoms with E-state index in [-0.39, 0.29) is 11.5 Å². The molecule has 0 aromatic heterocycles. The van der Waals surface area contributed by atoms with Crippen LogP contribution in [-0.2, 0) is 26.2 Å². The van der Waals surface area contributed by atoms with Crippen molar-refractivity contribution < 1.29 is 23.1 Å². The van der Waals surface area contributed by atoms with Gasteiger partial charge in [0.1, 0.15) is 12.6 Å². The molecule has 0 spiro atoms. The molecular weight excluding hydrogens is 342 g/mol. The molecule has 0 saturated heterocycles. The van der Waals surface area contributed by atoms with Gasteiger partial charge in [-0.2, -0.15) is 4.72 Å². The Labute approximate surface area is 147 Å². The van der Waals surface area contributed by atoms with Crippen LogP contribution < -0.4 is 4.72 Å². The fourth-order valence-corrected chi connectivity index (χ4v) is 3.37. The number of aryl methyl sites for hydroxylation is 1. The molecule has 2 aromatic rings. The molecule has 0 heterocycles. The summed E-state index contributed by atoms with van der Waals surface area (Å²) in [6.07, 6.45) is -1.25. The minimum atomic E-state index is -3.96. The molecule has 2 rings (SSSR count). The van der Waals surface area contributed by atoms with Crippen molar-refractivity contribution in [3.05, 3.63) is 65.7 Å². The summed E-state index contributed by atoms with van der Waals surface area (Å²) in [5, 5.41) is 9.81. The lowest BCUT2D eigenvalue weighted by Crippen LogP contribution is -2.48. The highest BCUT2D eigenvalue weighted by Gasteiger charge is 2.30. The van der Waals surface area contributed by atoms with E-state index in [1.54, 1.807) is 36.4 Å². The number of carbonyl (C=O) groups is 1. The first-order valence-corrected chi connectivity index (χ1v) is 9.25. The third-order valence-electron chi connectivity index (χ3n) is 3.57. The van der Waals surface area contributed by atoms with Crippen LogP contribution in [0.25, 0.3) is 0 Å². The molecule has 134 valence electrons. The van der Waals surface area contributed by atoms with Gasteiger partial charge in [-0.3, -0.25) is 4.79 Å². The van der Waals surface area contributed by atoms with Crippen molar-refractivity contribution in [3.8, 4) is 0 Å². The molecular formula is C18H21NO5S. The first-order valence-electron chi connectivity index (χ1n) is 7.77. The van der Waals surface area contributed by atoms with E-state index in [0.29, 0.717) is 0 Å². The van der Waals surface area contributed by atoms with Crippen molar-refractivity contribution in [1.82, 2.24) is 4.72 Å². The molecule has 0 fully saturated rings. The molecule has 2 aromatic carbocycles. The lowest BCUT2D eigenvalue weighted by Gasteiger charge is -2.20. The van der Waals surface area contributed by atoms with Gasteiger partial charge in [0.2, 0.25) is 10.0 Å². The SMILES string of the molecule is Cc1ccc(S(=O)(=O)N[C@H](C(=O)OCc2ccccc2)[C@@H](C)O)cc1. The summed E-state index contributed by atoms with van der Waals surface area (Å²) >= 11 is 0. The lowest BCUT2D eigenvalue weighted by molar-refractivity contribution is -0.149. The maximum absolute atomic E-state index is 12.4. The molecule has 7 heteroatoms. The van der Waals surface area contributed by atoms with Gasteiger partial charge in [-0.25, -0.2) is 8.42 Å². The molecule has 25 heavy (non-hydrogen) atoms. The van der Waals surface area contributed by atoms with Crippen LogP contribution in [0.3, 0.4) is 0 Å². The van der Waals surface area contributed by atoms with Crippen molar-refractivity contribution in [1.29, 1.82) is 0 Å². The zero-order valence-corrected chi connectivity index (χ0v) is 14.9. The fourth-order valence-electron chi connectivity index (χ4n) is 2.11. The van der Waals surface area contributed by atoms with Crippen molar-refractivity contribution >= 4 is 16.0 Å². The third-order valence-corrected chi connectivity index (χ3v) is 5.03. The second kappa shape index (κ2) is 8.24. The van der Waals surface area contributed by atoms with Gasteiger partial charge in [0, 0.05) is 0 Å². The number of ether oxygens (including phenoxy) is 1. The van der Waals surface area contributed by atoms with Crippen molar-refractivity contribution in [2.45, 2.75) is 37.5 Å². The second-order valence-corrected chi connectivity index (χ2v) is 7.46. The van der Waals surface area contributed by atoms with E-state index in [1.165, 1.54) is 19.1 Å². The maximum Gasteiger partial charge on any atom is 0.327 e. The molecule has 6 nitrogen and oxygen atoms in total. The Morgan fingerprint density at radius 3 is 2.28 bits per heavy atom. The van der Waals surface area contributed by atoms with E-state index >= 15 is 0 Å². The quantitative estimate of drug-likeness (QED) is 0.732. The normalized spacial score (nSPS) is 13.9. The molecule has 0 bridgehead atoms. The summed E-state index contributed by atoms with van der Waals surface area (Å²) < 4.78 is 32.2. The van der Waals surface area contributed by atoms with Gasteiger partial charge in [0.05, 0.1) is 11.0 Å². The number of hydrogen-bond acceptors (Lipinski definition) is 5. The highest BCUT2D eigenvalue weighted by atomic mass is 32.2. The van der Waals surface area contributed by atoms with E-state index in [4.69, 9.17) is 4.74 Å². The van der Waals surface area contributed by atoms with Gasteiger partial charge < -0.3 is 9.84 Å². The Morgan fingerprint density at radius 1 is 1.12 bits per heavy atom. The van der Waals surface area contributed by atoms with Crippen LogP contribution in [-0.4, -0.2) is 31.6 Å². The Balaban J connectivity index is 2.09. The Morgan fingerprint density at radius 2 is 1.72 bits per heavy atom. The number of hydrogen-bond donors (Lipinski definition) is 2. The van der Waals surface area contributed by atoms with Crippen molar-refractivity contribution in [2.75, 3.05) is 0 Å². The van der Waals surface area contributed by atoms with E-state index in [2.05, 4.69) is 4.72 Å². The van der Waals surface area contributed by atoms with Gasteiger partial charge in [0.15, 0.2) is 0 Å². The Bertz CT molecular complexity index is 801. The maximum atomic E-state index is 12.4. The number of benzene rings is 2. The van der Waals surface area contributed by atoms with Crippen LogP contribution in [0.2, 0.25) is 0 Å². The average molecular weight is 363 g/mol. The summed E-state index contributed by atoms with van der Waals surface area (Å²) in [5.41, 5.74) is 1.68. The lowest BCUT2D eigenvalue weighted by atomic mass is 10.2. The molecule has 0 saturated carbocycles. The number of esters is 1. The summed E-state index contributed by atoms with van der Waals surface area (Å²) in [7, 11) is -3.96. The predicted molar refractivity (Wildman–Crippen MR) is 93.2 cm³/mol. The summed E-state index contributed by atoms with van der Waals surface area (Å²) in [6, 6.07) is 13.8. The smallest absolute Gasteiger partial charge is 0.327 e. The molecule has 0 aliphatic heterocycles. The fraction of sp³-hybridized carbons (Fsp3) is 0.278. The van der Waals surface area contributed by atoms with Crippen LogP contribution in [0.5, 0.6) is 0 Å². The highest BCUT2D eigenvalue weighted by molar-refractivity contribution is 7.89. The minimum absolute atomic E-state index is 0.00481. The molecule has 2 N–H and O–H groups in total. The van der Waals surface area contributed by atoms with Crippen molar-refractivity contribution in [3.63, 3.8) is 0 Å². The van der Waals surface area contributed by atoms with Crippen LogP contribution in [0.1, 0.15) is 18.1 Å². The zero-order valence-electron chi connectivity index (χ0n) is 14.0. The monoisotopic (exact) mass is 363 g/mol. The van der Waals surface area contributed by atoms with E-state index < -0.39 is 28.1 Å².